The maximum atomic E-state index is 5.66. The van der Waals surface area contributed by atoms with Crippen molar-refractivity contribution in [1.82, 2.24) is 9.88 Å². The van der Waals surface area contributed by atoms with Crippen LogP contribution < -0.4 is 5.73 Å². The van der Waals surface area contributed by atoms with E-state index in [0.29, 0.717) is 0 Å². The summed E-state index contributed by atoms with van der Waals surface area (Å²) in [6.07, 6.45) is 2.50. The van der Waals surface area contributed by atoms with Crippen LogP contribution >= 0.6 is 23.7 Å². The summed E-state index contributed by atoms with van der Waals surface area (Å²) in [7, 11) is 0. The Kier molecular flexibility index (Phi) is 5.53. The zero-order chi connectivity index (χ0) is 9.80. The predicted molar refractivity (Wildman–Crippen MR) is 66.4 cm³/mol. The molecule has 2 heterocycles. The highest BCUT2D eigenvalue weighted by Gasteiger charge is 2.18. The Bertz CT molecular complexity index is 258. The molecule has 1 aliphatic rings. The number of nitrogens with two attached hydrogens (primary N) is 1. The third kappa shape index (κ3) is 3.72. The van der Waals surface area contributed by atoms with Crippen LogP contribution in [0.15, 0.2) is 10.9 Å². The fourth-order valence-corrected chi connectivity index (χ4v) is 2.47. The van der Waals surface area contributed by atoms with E-state index < -0.39 is 0 Å². The first kappa shape index (κ1) is 12.9. The maximum Gasteiger partial charge on any atom is 0.0795 e. The van der Waals surface area contributed by atoms with E-state index in [1.165, 1.54) is 31.6 Å². The third-order valence-corrected chi connectivity index (χ3v) is 3.54. The molecule has 0 aliphatic carbocycles. The van der Waals surface area contributed by atoms with E-state index in [9.17, 15) is 0 Å². The molecular formula is C10H18ClN3S. The normalized spacial score (nSPS) is 18.7. The number of hydrogen-bond donors (Lipinski definition) is 1. The van der Waals surface area contributed by atoms with Gasteiger partial charge in [-0.15, -0.1) is 23.7 Å². The van der Waals surface area contributed by atoms with E-state index in [2.05, 4.69) is 15.3 Å². The number of hydrogen-bond acceptors (Lipinski definition) is 4. The number of nitrogens with zero attached hydrogens (tertiary/aromatic N) is 2. The lowest BCUT2D eigenvalue weighted by Crippen LogP contribution is -2.35. The zero-order valence-corrected chi connectivity index (χ0v) is 10.4. The second-order valence-corrected chi connectivity index (χ2v) is 4.65. The van der Waals surface area contributed by atoms with Crippen molar-refractivity contribution in [2.75, 3.05) is 19.6 Å². The summed E-state index contributed by atoms with van der Waals surface area (Å²) in [5.41, 5.74) is 8.77. The molecule has 3 nitrogen and oxygen atoms in total. The van der Waals surface area contributed by atoms with Crippen LogP contribution in [0.1, 0.15) is 18.5 Å². The molecule has 0 unspecified atom stereocenters. The molecule has 1 aromatic heterocycles. The number of aromatic nitrogens is 1. The average molecular weight is 248 g/mol. The van der Waals surface area contributed by atoms with Gasteiger partial charge in [0.05, 0.1) is 11.2 Å². The van der Waals surface area contributed by atoms with Gasteiger partial charge in [0.1, 0.15) is 0 Å². The minimum Gasteiger partial charge on any atom is -0.330 e. The van der Waals surface area contributed by atoms with E-state index in [1.807, 2.05) is 5.51 Å². The van der Waals surface area contributed by atoms with Crippen LogP contribution in [-0.2, 0) is 6.54 Å². The SMILES string of the molecule is Cl.NCC1CCN(Cc2cscn2)CC1. The van der Waals surface area contributed by atoms with E-state index >= 15 is 0 Å². The van der Waals surface area contributed by atoms with E-state index in [0.717, 1.165) is 19.0 Å². The number of thiazole rings is 1. The standard InChI is InChI=1S/C10H17N3S.ClH/c11-5-9-1-3-13(4-2-9)6-10-7-14-8-12-10;/h7-9H,1-6,11H2;1H. The molecule has 0 saturated carbocycles. The van der Waals surface area contributed by atoms with Gasteiger partial charge in [0.25, 0.3) is 0 Å². The van der Waals surface area contributed by atoms with Crippen LogP contribution in [0.4, 0.5) is 0 Å². The monoisotopic (exact) mass is 247 g/mol. The largest absolute Gasteiger partial charge is 0.330 e. The molecule has 0 spiro atoms. The van der Waals surface area contributed by atoms with Crippen molar-refractivity contribution in [3.8, 4) is 0 Å². The zero-order valence-electron chi connectivity index (χ0n) is 8.76. The van der Waals surface area contributed by atoms with Crippen molar-refractivity contribution >= 4 is 23.7 Å². The summed E-state index contributed by atoms with van der Waals surface area (Å²) >= 11 is 1.68. The Morgan fingerprint density at radius 2 is 2.20 bits per heavy atom. The lowest BCUT2D eigenvalue weighted by Gasteiger charge is -2.30. The first-order valence-electron chi connectivity index (χ1n) is 5.18. The van der Waals surface area contributed by atoms with E-state index in [4.69, 9.17) is 5.73 Å². The van der Waals surface area contributed by atoms with Gasteiger partial charge >= 0.3 is 0 Å². The molecule has 1 saturated heterocycles. The van der Waals surface area contributed by atoms with Gasteiger partial charge in [-0.05, 0) is 38.4 Å². The van der Waals surface area contributed by atoms with E-state index in [1.54, 1.807) is 11.3 Å². The second-order valence-electron chi connectivity index (χ2n) is 3.94. The fraction of sp³-hybridized carbons (Fsp3) is 0.700. The highest BCUT2D eigenvalue weighted by atomic mass is 35.5. The molecule has 0 amide bonds. The predicted octanol–water partition coefficient (Wildman–Crippen LogP) is 1.74. The molecule has 2 N–H and O–H groups in total. The van der Waals surface area contributed by atoms with Crippen LogP contribution in [0.25, 0.3) is 0 Å². The van der Waals surface area contributed by atoms with Gasteiger partial charge in [-0.1, -0.05) is 0 Å². The van der Waals surface area contributed by atoms with Crippen LogP contribution in [0.2, 0.25) is 0 Å². The van der Waals surface area contributed by atoms with Gasteiger partial charge in [0.15, 0.2) is 0 Å². The molecule has 1 aliphatic heterocycles. The Balaban J connectivity index is 0.00000112. The van der Waals surface area contributed by atoms with Gasteiger partial charge in [-0.25, -0.2) is 4.98 Å². The smallest absolute Gasteiger partial charge is 0.0795 e. The van der Waals surface area contributed by atoms with Crippen molar-refractivity contribution in [3.05, 3.63) is 16.6 Å². The van der Waals surface area contributed by atoms with Crippen LogP contribution in [0, 0.1) is 5.92 Å². The Labute approximate surface area is 101 Å². The summed E-state index contributed by atoms with van der Waals surface area (Å²) in [6.45, 7) is 4.23. The van der Waals surface area contributed by atoms with Crippen molar-refractivity contribution in [2.24, 2.45) is 11.7 Å². The van der Waals surface area contributed by atoms with E-state index in [-0.39, 0.29) is 12.4 Å². The number of halogens is 1. The fourth-order valence-electron chi connectivity index (χ4n) is 1.92. The molecular weight excluding hydrogens is 230 g/mol. The molecule has 1 aromatic rings. The Morgan fingerprint density at radius 3 is 2.73 bits per heavy atom. The minimum atomic E-state index is 0. The Hall–Kier alpha value is -0.160. The average Bonchev–Trinajstić information content (AvgIpc) is 2.72. The summed E-state index contributed by atoms with van der Waals surface area (Å²) in [4.78, 5) is 6.78. The first-order valence-corrected chi connectivity index (χ1v) is 6.12. The van der Waals surface area contributed by atoms with Crippen molar-refractivity contribution in [3.63, 3.8) is 0 Å². The summed E-state index contributed by atoms with van der Waals surface area (Å²) < 4.78 is 0. The lowest BCUT2D eigenvalue weighted by atomic mass is 9.97. The molecule has 0 bridgehead atoms. The maximum absolute atomic E-state index is 5.66. The lowest BCUT2D eigenvalue weighted by molar-refractivity contribution is 0.179. The second kappa shape index (κ2) is 6.43. The van der Waals surface area contributed by atoms with Crippen molar-refractivity contribution in [1.29, 1.82) is 0 Å². The van der Waals surface area contributed by atoms with Gasteiger partial charge in [-0.2, -0.15) is 0 Å². The molecule has 0 atom stereocenters. The quantitative estimate of drug-likeness (QED) is 0.885. The number of likely N-dealkylation sites (tertiary alicyclic amines) is 1. The summed E-state index contributed by atoms with van der Waals surface area (Å²) in [6, 6.07) is 0. The van der Waals surface area contributed by atoms with Crippen LogP contribution in [0.5, 0.6) is 0 Å². The highest BCUT2D eigenvalue weighted by molar-refractivity contribution is 7.07. The summed E-state index contributed by atoms with van der Waals surface area (Å²) in [5.74, 6) is 0.752. The molecule has 0 aromatic carbocycles. The topological polar surface area (TPSA) is 42.1 Å². The van der Waals surface area contributed by atoms with Crippen molar-refractivity contribution in [2.45, 2.75) is 19.4 Å². The Morgan fingerprint density at radius 1 is 1.47 bits per heavy atom. The van der Waals surface area contributed by atoms with Gasteiger partial charge in [0.2, 0.25) is 0 Å². The number of rotatable bonds is 3. The molecule has 0 radical (unpaired) electrons. The van der Waals surface area contributed by atoms with Gasteiger partial charge in [-0.3, -0.25) is 4.90 Å². The molecule has 15 heavy (non-hydrogen) atoms. The highest BCUT2D eigenvalue weighted by Crippen LogP contribution is 2.17. The van der Waals surface area contributed by atoms with Gasteiger partial charge in [0, 0.05) is 11.9 Å². The minimum absolute atomic E-state index is 0. The first-order chi connectivity index (χ1) is 6.88. The summed E-state index contributed by atoms with van der Waals surface area (Å²) in [5, 5.41) is 2.13. The van der Waals surface area contributed by atoms with Crippen LogP contribution in [0.3, 0.4) is 0 Å². The van der Waals surface area contributed by atoms with Gasteiger partial charge < -0.3 is 5.73 Å². The van der Waals surface area contributed by atoms with Crippen LogP contribution in [-0.4, -0.2) is 29.5 Å². The molecule has 2 rings (SSSR count). The molecule has 5 heteroatoms. The van der Waals surface area contributed by atoms with Crippen molar-refractivity contribution < 1.29 is 0 Å². The molecule has 1 fully saturated rings. The molecule has 86 valence electrons. The number of piperidine rings is 1. The third-order valence-electron chi connectivity index (χ3n) is 2.91.